The fraction of sp³-hybridized carbons (Fsp3) is 0.235. The van der Waals surface area contributed by atoms with E-state index in [4.69, 9.17) is 5.73 Å². The Kier molecular flexibility index (Phi) is 4.36. The van der Waals surface area contributed by atoms with Crippen LogP contribution in [0.3, 0.4) is 0 Å². The lowest BCUT2D eigenvalue weighted by molar-refractivity contribution is -0.137. The number of nitrogens with two attached hydrogens (primary N) is 1. The molecular formula is C17H17F3N2O. The molecule has 3 N–H and O–H groups in total. The zero-order valence-corrected chi connectivity index (χ0v) is 12.7. The van der Waals surface area contributed by atoms with Crippen molar-refractivity contribution in [2.24, 2.45) is 0 Å². The van der Waals surface area contributed by atoms with Crippen LogP contribution in [0, 0.1) is 0 Å². The van der Waals surface area contributed by atoms with Gasteiger partial charge in [0.25, 0.3) is 0 Å². The van der Waals surface area contributed by atoms with E-state index >= 15 is 0 Å². The van der Waals surface area contributed by atoms with Gasteiger partial charge in [-0.3, -0.25) is 4.79 Å². The van der Waals surface area contributed by atoms with E-state index < -0.39 is 23.1 Å². The van der Waals surface area contributed by atoms with Crippen molar-refractivity contribution < 1.29 is 18.0 Å². The van der Waals surface area contributed by atoms with Crippen LogP contribution >= 0.6 is 0 Å². The van der Waals surface area contributed by atoms with Gasteiger partial charge in [-0.25, -0.2) is 0 Å². The first-order valence-electron chi connectivity index (χ1n) is 6.96. The summed E-state index contributed by atoms with van der Waals surface area (Å²) in [6, 6.07) is 11.6. The van der Waals surface area contributed by atoms with Crippen molar-refractivity contribution in [3.8, 4) is 0 Å². The highest BCUT2D eigenvalue weighted by atomic mass is 19.4. The van der Waals surface area contributed by atoms with Crippen molar-refractivity contribution in [1.29, 1.82) is 0 Å². The van der Waals surface area contributed by atoms with Crippen LogP contribution in [0.15, 0.2) is 48.5 Å². The molecule has 3 nitrogen and oxygen atoms in total. The van der Waals surface area contributed by atoms with Crippen molar-refractivity contribution >= 4 is 17.3 Å². The summed E-state index contributed by atoms with van der Waals surface area (Å²) in [5, 5.41) is 2.38. The molecule has 0 aliphatic carbocycles. The van der Waals surface area contributed by atoms with Gasteiger partial charge in [0.15, 0.2) is 0 Å². The van der Waals surface area contributed by atoms with Gasteiger partial charge >= 0.3 is 6.18 Å². The van der Waals surface area contributed by atoms with E-state index in [0.29, 0.717) is 11.3 Å². The number of amides is 1. The van der Waals surface area contributed by atoms with Crippen molar-refractivity contribution in [1.82, 2.24) is 0 Å². The molecular weight excluding hydrogens is 305 g/mol. The SMILES string of the molecule is CC(C)(C(=O)Nc1ccccc1C(F)(F)F)c1ccc(N)cc1. The lowest BCUT2D eigenvalue weighted by Crippen LogP contribution is -2.35. The lowest BCUT2D eigenvalue weighted by Gasteiger charge is -2.25. The highest BCUT2D eigenvalue weighted by Crippen LogP contribution is 2.35. The number of hydrogen-bond acceptors (Lipinski definition) is 2. The quantitative estimate of drug-likeness (QED) is 0.832. The third-order valence-corrected chi connectivity index (χ3v) is 3.68. The van der Waals surface area contributed by atoms with Gasteiger partial charge in [0.2, 0.25) is 5.91 Å². The molecule has 23 heavy (non-hydrogen) atoms. The smallest absolute Gasteiger partial charge is 0.399 e. The fourth-order valence-corrected chi connectivity index (χ4v) is 2.15. The Balaban J connectivity index is 2.30. The number of halogens is 3. The minimum Gasteiger partial charge on any atom is -0.399 e. The number of alkyl halides is 3. The lowest BCUT2D eigenvalue weighted by atomic mass is 9.83. The molecule has 0 unspecified atom stereocenters. The highest BCUT2D eigenvalue weighted by molar-refractivity contribution is 5.99. The van der Waals surface area contributed by atoms with Crippen LogP contribution in [0.5, 0.6) is 0 Å². The van der Waals surface area contributed by atoms with E-state index in [-0.39, 0.29) is 5.69 Å². The molecule has 2 rings (SSSR count). The standard InChI is InChI=1S/C17H17F3N2O/c1-16(2,11-7-9-12(21)10-8-11)15(23)22-14-6-4-3-5-13(14)17(18,19)20/h3-10H,21H2,1-2H3,(H,22,23). The summed E-state index contributed by atoms with van der Waals surface area (Å²) in [6.45, 7) is 3.29. The van der Waals surface area contributed by atoms with Crippen LogP contribution in [-0.2, 0) is 16.4 Å². The van der Waals surface area contributed by atoms with E-state index in [0.717, 1.165) is 6.07 Å². The topological polar surface area (TPSA) is 55.1 Å². The molecule has 6 heteroatoms. The first-order valence-corrected chi connectivity index (χ1v) is 6.96. The molecule has 0 spiro atoms. The second-order valence-electron chi connectivity index (χ2n) is 5.74. The van der Waals surface area contributed by atoms with Gasteiger partial charge in [-0.15, -0.1) is 0 Å². The number of nitrogens with one attached hydrogen (secondary N) is 1. The van der Waals surface area contributed by atoms with E-state index in [1.54, 1.807) is 38.1 Å². The molecule has 122 valence electrons. The van der Waals surface area contributed by atoms with Crippen LogP contribution in [0.1, 0.15) is 25.0 Å². The third kappa shape index (κ3) is 3.64. The van der Waals surface area contributed by atoms with Gasteiger partial charge in [-0.2, -0.15) is 13.2 Å². The minimum atomic E-state index is -4.53. The maximum absolute atomic E-state index is 13.0. The molecule has 0 saturated carbocycles. The van der Waals surface area contributed by atoms with Crippen LogP contribution in [0.2, 0.25) is 0 Å². The predicted octanol–water partition coefficient (Wildman–Crippen LogP) is 4.20. The molecule has 0 bridgehead atoms. The van der Waals surface area contributed by atoms with Crippen LogP contribution in [0.25, 0.3) is 0 Å². The van der Waals surface area contributed by atoms with E-state index in [1.807, 2.05) is 0 Å². The summed E-state index contributed by atoms with van der Waals surface area (Å²) in [5.74, 6) is -0.529. The molecule has 1 amide bonds. The maximum Gasteiger partial charge on any atom is 0.418 e. The zero-order valence-electron chi connectivity index (χ0n) is 12.7. The Morgan fingerprint density at radius 1 is 1.00 bits per heavy atom. The van der Waals surface area contributed by atoms with Gasteiger partial charge in [0.05, 0.1) is 16.7 Å². The number of benzene rings is 2. The van der Waals surface area contributed by atoms with Crippen molar-refractivity contribution in [2.45, 2.75) is 25.4 Å². The second-order valence-corrected chi connectivity index (χ2v) is 5.74. The zero-order chi connectivity index (χ0) is 17.3. The average Bonchev–Trinajstić information content (AvgIpc) is 2.47. The second kappa shape index (κ2) is 5.95. The largest absolute Gasteiger partial charge is 0.418 e. The van der Waals surface area contributed by atoms with Gasteiger partial charge < -0.3 is 11.1 Å². The van der Waals surface area contributed by atoms with E-state index in [1.165, 1.54) is 18.2 Å². The monoisotopic (exact) mass is 322 g/mol. The number of hydrogen-bond donors (Lipinski definition) is 2. The minimum absolute atomic E-state index is 0.256. The summed E-state index contributed by atoms with van der Waals surface area (Å²) >= 11 is 0. The van der Waals surface area contributed by atoms with Gasteiger partial charge in [0, 0.05) is 5.69 Å². The molecule has 0 saturated heterocycles. The highest BCUT2D eigenvalue weighted by Gasteiger charge is 2.35. The van der Waals surface area contributed by atoms with Gasteiger partial charge in [0.1, 0.15) is 0 Å². The normalized spacial score (nSPS) is 12.0. The molecule has 2 aromatic rings. The van der Waals surface area contributed by atoms with Gasteiger partial charge in [-0.1, -0.05) is 24.3 Å². The molecule has 0 heterocycles. The van der Waals surface area contributed by atoms with Crippen LogP contribution < -0.4 is 11.1 Å². The molecule has 2 aromatic carbocycles. The Morgan fingerprint density at radius 3 is 2.13 bits per heavy atom. The number of anilines is 2. The molecule has 0 aliphatic rings. The van der Waals surface area contributed by atoms with E-state index in [9.17, 15) is 18.0 Å². The first kappa shape index (κ1) is 16.9. The summed E-state index contributed by atoms with van der Waals surface area (Å²) in [7, 11) is 0. The summed E-state index contributed by atoms with van der Waals surface area (Å²) < 4.78 is 39.0. The van der Waals surface area contributed by atoms with Gasteiger partial charge in [-0.05, 0) is 43.7 Å². The molecule has 0 aromatic heterocycles. The number of para-hydroxylation sites is 1. The number of carbonyl (C=O) groups excluding carboxylic acids is 1. The Labute approximate surface area is 132 Å². The molecule has 0 aliphatic heterocycles. The molecule has 0 fully saturated rings. The first-order chi connectivity index (χ1) is 10.6. The summed E-state index contributed by atoms with van der Waals surface area (Å²) in [5.41, 5.74) is 4.68. The Morgan fingerprint density at radius 2 is 1.57 bits per heavy atom. The van der Waals surface area contributed by atoms with Crippen molar-refractivity contribution in [3.05, 3.63) is 59.7 Å². The Hall–Kier alpha value is -2.50. The molecule has 0 atom stereocenters. The van der Waals surface area contributed by atoms with Crippen molar-refractivity contribution in [2.75, 3.05) is 11.1 Å². The summed E-state index contributed by atoms with van der Waals surface area (Å²) in [6.07, 6.45) is -4.53. The predicted molar refractivity (Wildman–Crippen MR) is 84.0 cm³/mol. The number of carbonyl (C=O) groups is 1. The number of nitrogen functional groups attached to an aromatic ring is 1. The average molecular weight is 322 g/mol. The summed E-state index contributed by atoms with van der Waals surface area (Å²) in [4.78, 5) is 12.5. The fourth-order valence-electron chi connectivity index (χ4n) is 2.15. The molecule has 0 radical (unpaired) electrons. The Bertz CT molecular complexity index is 707. The number of rotatable bonds is 3. The maximum atomic E-state index is 13.0. The third-order valence-electron chi connectivity index (χ3n) is 3.68. The van der Waals surface area contributed by atoms with Crippen LogP contribution in [-0.4, -0.2) is 5.91 Å². The van der Waals surface area contributed by atoms with Crippen LogP contribution in [0.4, 0.5) is 24.5 Å². The van der Waals surface area contributed by atoms with Crippen molar-refractivity contribution in [3.63, 3.8) is 0 Å². The van der Waals surface area contributed by atoms with E-state index in [2.05, 4.69) is 5.32 Å².